The van der Waals surface area contributed by atoms with Gasteiger partial charge >= 0.3 is 13.6 Å². The summed E-state index contributed by atoms with van der Waals surface area (Å²) in [5, 5.41) is 6.41. The van der Waals surface area contributed by atoms with Crippen LogP contribution < -0.4 is 16.4 Å². The largest absolute Gasteiger partial charge is 0.471 e. The minimum atomic E-state index is -4.76. The van der Waals surface area contributed by atoms with Gasteiger partial charge in [0.05, 0.1) is 5.52 Å². The number of hydrogen-bond acceptors (Lipinski definition) is 8. The van der Waals surface area contributed by atoms with E-state index in [0.717, 1.165) is 26.9 Å². The molecule has 0 aliphatic rings. The molecule has 4 aromatic rings. The summed E-state index contributed by atoms with van der Waals surface area (Å²) in [4.78, 5) is 38.9. The molecule has 4 N–H and O–H groups in total. The van der Waals surface area contributed by atoms with Gasteiger partial charge in [0.15, 0.2) is 5.58 Å². The van der Waals surface area contributed by atoms with E-state index < -0.39 is 20.3 Å². The molecule has 34 heavy (non-hydrogen) atoms. The zero-order valence-electron chi connectivity index (χ0n) is 19.0. The Kier molecular flexibility index (Phi) is 6.28. The second-order valence-corrected chi connectivity index (χ2v) is 9.18. The van der Waals surface area contributed by atoms with Crippen LogP contribution in [0.2, 0.25) is 0 Å². The Labute approximate surface area is 194 Å². The first kappa shape index (κ1) is 23.7. The first-order valence-corrected chi connectivity index (χ1v) is 11.8. The van der Waals surface area contributed by atoms with Crippen molar-refractivity contribution in [3.63, 3.8) is 0 Å². The lowest BCUT2D eigenvalue weighted by Gasteiger charge is -2.13. The summed E-state index contributed by atoms with van der Waals surface area (Å²) in [7, 11) is -4.76. The fourth-order valence-corrected chi connectivity index (χ4v) is 3.66. The molecule has 0 saturated heterocycles. The predicted octanol–water partition coefficient (Wildman–Crippen LogP) is 4.17. The van der Waals surface area contributed by atoms with E-state index in [1.165, 1.54) is 5.56 Å². The molecule has 0 atom stereocenters. The standard InChI is InChI=1S/C22H24N5O6P/c1-12-7-17(8-13(2)15(12)4)25-21-23-10-14(3)20(26-21)24-16-5-6-19-18(9-16)27(22(28)33-19)11-32-34(29,30)31/h5-10H,11H2,1-4H3,(H2,29,30,31)(H2,23,24,25,26). The lowest BCUT2D eigenvalue weighted by atomic mass is 10.0. The van der Waals surface area contributed by atoms with Gasteiger partial charge in [0.2, 0.25) is 5.95 Å². The highest BCUT2D eigenvalue weighted by atomic mass is 31.2. The second kappa shape index (κ2) is 9.03. The molecule has 178 valence electrons. The third kappa shape index (κ3) is 5.18. The zero-order valence-corrected chi connectivity index (χ0v) is 19.9. The van der Waals surface area contributed by atoms with Crippen molar-refractivity contribution in [1.82, 2.24) is 14.5 Å². The van der Waals surface area contributed by atoms with Gasteiger partial charge in [0, 0.05) is 23.1 Å². The van der Waals surface area contributed by atoms with Gasteiger partial charge in [-0.2, -0.15) is 4.98 Å². The molecule has 0 spiro atoms. The number of nitrogens with zero attached hydrogens (tertiary/aromatic N) is 3. The van der Waals surface area contributed by atoms with Gasteiger partial charge in [-0.15, -0.1) is 0 Å². The predicted molar refractivity (Wildman–Crippen MR) is 128 cm³/mol. The van der Waals surface area contributed by atoms with Crippen LogP contribution in [0.25, 0.3) is 11.1 Å². The average molecular weight is 485 g/mol. The van der Waals surface area contributed by atoms with Gasteiger partial charge in [0.25, 0.3) is 0 Å². The maximum absolute atomic E-state index is 12.1. The fourth-order valence-electron chi connectivity index (χ4n) is 3.40. The zero-order chi connectivity index (χ0) is 24.6. The molecule has 0 aliphatic heterocycles. The molecule has 2 aromatic heterocycles. The van der Waals surface area contributed by atoms with Crippen LogP contribution in [0.5, 0.6) is 0 Å². The first-order chi connectivity index (χ1) is 16.0. The topological polar surface area (TPSA) is 152 Å². The van der Waals surface area contributed by atoms with Gasteiger partial charge in [-0.1, -0.05) is 0 Å². The summed E-state index contributed by atoms with van der Waals surface area (Å²) in [5.74, 6) is 0.155. The minimum Gasteiger partial charge on any atom is -0.408 e. The number of aromatic nitrogens is 3. The van der Waals surface area contributed by atoms with Gasteiger partial charge in [-0.05, 0) is 74.7 Å². The molecule has 12 heteroatoms. The molecule has 0 radical (unpaired) electrons. The van der Waals surface area contributed by atoms with Gasteiger partial charge in [-0.3, -0.25) is 4.52 Å². The highest BCUT2D eigenvalue weighted by molar-refractivity contribution is 7.46. The Balaban J connectivity index is 1.61. The lowest BCUT2D eigenvalue weighted by molar-refractivity contribution is 0.151. The van der Waals surface area contributed by atoms with Crippen molar-refractivity contribution in [3.8, 4) is 0 Å². The summed E-state index contributed by atoms with van der Waals surface area (Å²) in [6.07, 6.45) is 1.69. The summed E-state index contributed by atoms with van der Waals surface area (Å²) in [6.45, 7) is 7.37. The van der Waals surface area contributed by atoms with Gasteiger partial charge in [0.1, 0.15) is 12.5 Å². The number of aryl methyl sites for hydroxylation is 3. The van der Waals surface area contributed by atoms with E-state index in [2.05, 4.69) is 32.0 Å². The van der Waals surface area contributed by atoms with Crippen LogP contribution in [-0.2, 0) is 15.8 Å². The number of oxazole rings is 1. The van der Waals surface area contributed by atoms with E-state index in [1.807, 2.05) is 32.9 Å². The number of rotatable bonds is 7. The Morgan fingerprint density at radius 1 is 1.03 bits per heavy atom. The first-order valence-electron chi connectivity index (χ1n) is 10.3. The Hall–Kier alpha value is -3.50. The van der Waals surface area contributed by atoms with E-state index in [-0.39, 0.29) is 5.58 Å². The number of hydrogen-bond donors (Lipinski definition) is 4. The monoisotopic (exact) mass is 485 g/mol. The molecule has 4 rings (SSSR count). The fraction of sp³-hybridized carbons (Fsp3) is 0.227. The molecule has 2 aromatic carbocycles. The van der Waals surface area contributed by atoms with Crippen LogP contribution in [0, 0.1) is 27.7 Å². The number of phosphoric acid groups is 1. The van der Waals surface area contributed by atoms with Crippen molar-refractivity contribution in [1.29, 1.82) is 0 Å². The summed E-state index contributed by atoms with van der Waals surface area (Å²) in [6, 6.07) is 8.93. The van der Waals surface area contributed by atoms with Crippen LogP contribution in [0.3, 0.4) is 0 Å². The molecule has 11 nitrogen and oxygen atoms in total. The third-order valence-corrected chi connectivity index (χ3v) is 5.89. The summed E-state index contributed by atoms with van der Waals surface area (Å²) >= 11 is 0. The van der Waals surface area contributed by atoms with Gasteiger partial charge in [-0.25, -0.2) is 18.9 Å². The Morgan fingerprint density at radius 2 is 1.74 bits per heavy atom. The molecule has 0 fully saturated rings. The van der Waals surface area contributed by atoms with Crippen molar-refractivity contribution >= 4 is 42.1 Å². The van der Waals surface area contributed by atoms with E-state index in [1.54, 1.807) is 24.4 Å². The highest BCUT2D eigenvalue weighted by Crippen LogP contribution is 2.36. The van der Waals surface area contributed by atoms with E-state index >= 15 is 0 Å². The number of benzene rings is 2. The van der Waals surface area contributed by atoms with Crippen molar-refractivity contribution < 1.29 is 23.3 Å². The van der Waals surface area contributed by atoms with Crippen molar-refractivity contribution in [2.45, 2.75) is 34.4 Å². The number of fused-ring (bicyclic) bond motifs is 1. The van der Waals surface area contributed by atoms with Crippen molar-refractivity contribution in [3.05, 3.63) is 69.3 Å². The summed E-state index contributed by atoms with van der Waals surface area (Å²) < 4.78 is 21.6. The molecule has 0 bridgehead atoms. The van der Waals surface area contributed by atoms with Crippen LogP contribution in [0.4, 0.5) is 23.1 Å². The Morgan fingerprint density at radius 3 is 2.41 bits per heavy atom. The van der Waals surface area contributed by atoms with Crippen molar-refractivity contribution in [2.24, 2.45) is 0 Å². The lowest BCUT2D eigenvalue weighted by Crippen LogP contribution is -2.15. The number of nitrogens with one attached hydrogen (secondary N) is 2. The van der Waals surface area contributed by atoms with E-state index in [4.69, 9.17) is 14.2 Å². The number of anilines is 4. The number of phosphoric ester groups is 1. The van der Waals surface area contributed by atoms with Crippen LogP contribution >= 0.6 is 7.82 Å². The van der Waals surface area contributed by atoms with Gasteiger partial charge < -0.3 is 24.8 Å². The second-order valence-electron chi connectivity index (χ2n) is 7.94. The molecule has 0 unspecified atom stereocenters. The SMILES string of the molecule is Cc1cnc(Nc2cc(C)c(C)c(C)c2)nc1Nc1ccc2oc(=O)n(COP(=O)(O)O)c2c1. The quantitative estimate of drug-likeness (QED) is 0.281. The van der Waals surface area contributed by atoms with E-state index in [0.29, 0.717) is 23.0 Å². The summed E-state index contributed by atoms with van der Waals surface area (Å²) in [5.41, 5.74) is 6.35. The maximum atomic E-state index is 12.1. The van der Waals surface area contributed by atoms with Crippen LogP contribution in [0.1, 0.15) is 22.3 Å². The maximum Gasteiger partial charge on any atom is 0.471 e. The molecular weight excluding hydrogens is 461 g/mol. The Bertz CT molecular complexity index is 1470. The third-order valence-electron chi connectivity index (χ3n) is 5.44. The smallest absolute Gasteiger partial charge is 0.408 e. The van der Waals surface area contributed by atoms with Crippen LogP contribution in [0.15, 0.2) is 45.7 Å². The molecular formula is C22H24N5O6P. The normalized spacial score (nSPS) is 11.7. The molecule has 2 heterocycles. The van der Waals surface area contributed by atoms with Crippen LogP contribution in [-0.4, -0.2) is 24.3 Å². The minimum absolute atomic E-state index is 0.247. The molecule has 0 saturated carbocycles. The molecule has 0 aliphatic carbocycles. The average Bonchev–Trinajstić information content (AvgIpc) is 3.06. The molecule has 0 amide bonds. The van der Waals surface area contributed by atoms with E-state index in [9.17, 15) is 9.36 Å². The highest BCUT2D eigenvalue weighted by Gasteiger charge is 2.18. The van der Waals surface area contributed by atoms with Crippen molar-refractivity contribution in [2.75, 3.05) is 10.6 Å².